The molecule has 2 N–H and O–H groups in total. The fourth-order valence-electron chi connectivity index (χ4n) is 2.38. The van der Waals surface area contributed by atoms with Crippen LogP contribution < -0.4 is 10.6 Å². The van der Waals surface area contributed by atoms with E-state index in [0.29, 0.717) is 20.0 Å². The van der Waals surface area contributed by atoms with Gasteiger partial charge in [0.25, 0.3) is 0 Å². The lowest BCUT2D eigenvalue weighted by atomic mass is 10.2. The van der Waals surface area contributed by atoms with Crippen molar-refractivity contribution >= 4 is 79.3 Å². The quantitative estimate of drug-likeness (QED) is 0.392. The number of methoxy groups -OCH3 is 1. The number of aryl methyl sites for hydroxylation is 1. The molecular formula is C18H14Cl2N2O2S2. The minimum absolute atomic E-state index is 0.386. The molecule has 134 valence electrons. The zero-order chi connectivity index (χ0) is 18.8. The second-order valence-electron chi connectivity index (χ2n) is 5.49. The molecule has 8 heteroatoms. The van der Waals surface area contributed by atoms with Crippen LogP contribution in [0.3, 0.4) is 0 Å². The summed E-state index contributed by atoms with van der Waals surface area (Å²) in [4.78, 5) is 12.2. The Morgan fingerprint density at radius 2 is 1.92 bits per heavy atom. The third-order valence-corrected chi connectivity index (χ3v) is 5.78. The van der Waals surface area contributed by atoms with E-state index in [0.717, 1.165) is 27.0 Å². The molecule has 0 saturated carbocycles. The molecule has 3 rings (SSSR count). The third kappa shape index (κ3) is 3.94. The van der Waals surface area contributed by atoms with E-state index in [2.05, 4.69) is 10.6 Å². The zero-order valence-corrected chi connectivity index (χ0v) is 17.0. The van der Waals surface area contributed by atoms with Crippen molar-refractivity contribution in [2.75, 3.05) is 17.7 Å². The third-order valence-electron chi connectivity index (χ3n) is 3.71. The highest BCUT2D eigenvalue weighted by atomic mass is 35.5. The molecule has 1 heterocycles. The maximum atomic E-state index is 11.8. The molecule has 0 aliphatic carbocycles. The summed E-state index contributed by atoms with van der Waals surface area (Å²) in [7, 11) is 1.33. The van der Waals surface area contributed by atoms with Gasteiger partial charge in [-0.1, -0.05) is 29.3 Å². The van der Waals surface area contributed by atoms with E-state index in [1.807, 2.05) is 43.3 Å². The fourth-order valence-corrected chi connectivity index (χ4v) is 4.25. The first-order valence-corrected chi connectivity index (χ1v) is 9.51. The van der Waals surface area contributed by atoms with Gasteiger partial charge in [0.05, 0.1) is 12.1 Å². The van der Waals surface area contributed by atoms with E-state index in [4.69, 9.17) is 40.2 Å². The largest absolute Gasteiger partial charge is 0.465 e. The zero-order valence-electron chi connectivity index (χ0n) is 13.9. The summed E-state index contributed by atoms with van der Waals surface area (Å²) in [6.07, 6.45) is 0. The van der Waals surface area contributed by atoms with Crippen LogP contribution in [0.15, 0.2) is 36.4 Å². The predicted octanol–water partition coefficient (Wildman–Crippen LogP) is 6.11. The number of thiocarbonyl (C=S) groups is 1. The van der Waals surface area contributed by atoms with Gasteiger partial charge in [0.15, 0.2) is 5.11 Å². The summed E-state index contributed by atoms with van der Waals surface area (Å²) in [5, 5.41) is 8.52. The Balaban J connectivity index is 1.81. The minimum Gasteiger partial charge on any atom is -0.465 e. The molecule has 0 fully saturated rings. The molecule has 0 atom stereocenters. The normalized spacial score (nSPS) is 10.6. The average molecular weight is 425 g/mol. The molecule has 0 bridgehead atoms. The smallest absolute Gasteiger partial charge is 0.349 e. The van der Waals surface area contributed by atoms with Crippen LogP contribution in [0.25, 0.3) is 10.1 Å². The highest BCUT2D eigenvalue weighted by molar-refractivity contribution is 7.80. The van der Waals surface area contributed by atoms with E-state index in [9.17, 15) is 4.79 Å². The average Bonchev–Trinajstić information content (AvgIpc) is 2.93. The number of thiophene rings is 1. The van der Waals surface area contributed by atoms with Crippen molar-refractivity contribution in [1.29, 1.82) is 0 Å². The molecule has 2 aromatic carbocycles. The lowest BCUT2D eigenvalue weighted by Gasteiger charge is -2.13. The van der Waals surface area contributed by atoms with Gasteiger partial charge in [-0.2, -0.15) is 0 Å². The molecule has 0 saturated heterocycles. The van der Waals surface area contributed by atoms with Gasteiger partial charge in [-0.05, 0) is 55.0 Å². The number of halogens is 2. The van der Waals surface area contributed by atoms with E-state index in [-0.39, 0.29) is 0 Å². The Kier molecular flexibility index (Phi) is 5.67. The number of carbonyl (C=O) groups is 1. The molecule has 1 aromatic heterocycles. The molecule has 0 unspecified atom stereocenters. The van der Waals surface area contributed by atoms with Crippen molar-refractivity contribution in [2.45, 2.75) is 6.92 Å². The van der Waals surface area contributed by atoms with E-state index < -0.39 is 5.97 Å². The first-order valence-electron chi connectivity index (χ1n) is 7.53. The van der Waals surface area contributed by atoms with Crippen LogP contribution in [-0.4, -0.2) is 18.2 Å². The van der Waals surface area contributed by atoms with Crippen molar-refractivity contribution in [1.82, 2.24) is 0 Å². The Morgan fingerprint density at radius 1 is 1.15 bits per heavy atom. The molecule has 0 spiro atoms. The number of nitrogens with one attached hydrogen (secondary N) is 2. The standard InChI is InChI=1S/C18H14Cl2N2O2S2/c1-9-3-4-10(19)7-13(9)22-18(25)21-11-5-6-12-14(8-11)26-16(15(12)20)17(23)24-2/h3-8H,1-2H3,(H2,21,22,25). The molecule has 26 heavy (non-hydrogen) atoms. The number of fused-ring (bicyclic) bond motifs is 1. The van der Waals surface area contributed by atoms with Crippen LogP contribution in [-0.2, 0) is 4.74 Å². The van der Waals surface area contributed by atoms with Gasteiger partial charge >= 0.3 is 5.97 Å². The second-order valence-corrected chi connectivity index (χ2v) is 7.76. The number of carbonyl (C=O) groups excluding carboxylic acids is 1. The van der Waals surface area contributed by atoms with Gasteiger partial charge in [-0.25, -0.2) is 4.79 Å². The first-order chi connectivity index (χ1) is 12.4. The predicted molar refractivity (Wildman–Crippen MR) is 114 cm³/mol. The SMILES string of the molecule is COC(=O)c1sc2cc(NC(=S)Nc3cc(Cl)ccc3C)ccc2c1Cl. The summed E-state index contributed by atoms with van der Waals surface area (Å²) in [5.74, 6) is -0.445. The Hall–Kier alpha value is -1.86. The topological polar surface area (TPSA) is 50.4 Å². The Bertz CT molecular complexity index is 1020. The van der Waals surface area contributed by atoms with Crippen LogP contribution in [0.4, 0.5) is 11.4 Å². The summed E-state index contributed by atoms with van der Waals surface area (Å²) in [6, 6.07) is 11.1. The molecule has 0 amide bonds. The highest BCUT2D eigenvalue weighted by Gasteiger charge is 2.17. The molecule has 3 aromatic rings. The molecule has 4 nitrogen and oxygen atoms in total. The number of anilines is 2. The van der Waals surface area contributed by atoms with E-state index >= 15 is 0 Å². The van der Waals surface area contributed by atoms with Crippen molar-refractivity contribution in [3.05, 3.63) is 56.9 Å². The molecular weight excluding hydrogens is 411 g/mol. The van der Waals surface area contributed by atoms with Gasteiger partial charge < -0.3 is 15.4 Å². The molecule has 0 aliphatic rings. The van der Waals surface area contributed by atoms with E-state index in [1.54, 1.807) is 0 Å². The van der Waals surface area contributed by atoms with Gasteiger partial charge in [0, 0.05) is 26.5 Å². The van der Waals surface area contributed by atoms with Gasteiger partial charge in [-0.3, -0.25) is 0 Å². The summed E-state index contributed by atoms with van der Waals surface area (Å²) >= 11 is 18.9. The van der Waals surface area contributed by atoms with Gasteiger partial charge in [0.2, 0.25) is 0 Å². The van der Waals surface area contributed by atoms with Crippen LogP contribution >= 0.6 is 46.8 Å². The lowest BCUT2D eigenvalue weighted by molar-refractivity contribution is 0.0606. The van der Waals surface area contributed by atoms with Crippen LogP contribution in [0.5, 0.6) is 0 Å². The number of esters is 1. The number of hydrogen-bond acceptors (Lipinski definition) is 4. The van der Waals surface area contributed by atoms with Crippen LogP contribution in [0, 0.1) is 6.92 Å². The monoisotopic (exact) mass is 424 g/mol. The summed E-state index contributed by atoms with van der Waals surface area (Å²) < 4.78 is 5.62. The number of rotatable bonds is 3. The molecule has 0 aliphatic heterocycles. The number of hydrogen-bond donors (Lipinski definition) is 2. The Morgan fingerprint density at radius 3 is 2.65 bits per heavy atom. The number of ether oxygens (including phenoxy) is 1. The van der Waals surface area contributed by atoms with Crippen molar-refractivity contribution < 1.29 is 9.53 Å². The van der Waals surface area contributed by atoms with Crippen molar-refractivity contribution in [3.8, 4) is 0 Å². The summed E-state index contributed by atoms with van der Waals surface area (Å²) in [6.45, 7) is 1.97. The Labute approximate surface area is 170 Å². The second kappa shape index (κ2) is 7.80. The lowest BCUT2D eigenvalue weighted by Crippen LogP contribution is -2.19. The fraction of sp³-hybridized carbons (Fsp3) is 0.111. The van der Waals surface area contributed by atoms with Crippen molar-refractivity contribution in [2.24, 2.45) is 0 Å². The maximum absolute atomic E-state index is 11.8. The first kappa shape index (κ1) is 18.9. The van der Waals surface area contributed by atoms with Crippen LogP contribution in [0.1, 0.15) is 15.2 Å². The summed E-state index contributed by atoms with van der Waals surface area (Å²) in [5.41, 5.74) is 2.65. The minimum atomic E-state index is -0.445. The van der Waals surface area contributed by atoms with Crippen LogP contribution in [0.2, 0.25) is 10.0 Å². The number of benzene rings is 2. The molecule has 0 radical (unpaired) electrons. The van der Waals surface area contributed by atoms with Crippen molar-refractivity contribution in [3.63, 3.8) is 0 Å². The van der Waals surface area contributed by atoms with E-state index in [1.165, 1.54) is 18.4 Å². The van der Waals surface area contributed by atoms with Gasteiger partial charge in [0.1, 0.15) is 4.88 Å². The van der Waals surface area contributed by atoms with Gasteiger partial charge in [-0.15, -0.1) is 11.3 Å². The highest BCUT2D eigenvalue weighted by Crippen LogP contribution is 2.37. The maximum Gasteiger partial charge on any atom is 0.349 e.